The summed E-state index contributed by atoms with van der Waals surface area (Å²) in [6.07, 6.45) is 1.09. The van der Waals surface area contributed by atoms with E-state index < -0.39 is 21.6 Å². The van der Waals surface area contributed by atoms with Gasteiger partial charge in [-0.15, -0.1) is 11.3 Å². The number of rotatable bonds is 3. The van der Waals surface area contributed by atoms with Gasteiger partial charge in [0.25, 0.3) is 0 Å². The van der Waals surface area contributed by atoms with Crippen LogP contribution in [0.15, 0.2) is 16.3 Å². The first-order valence-electron chi connectivity index (χ1n) is 5.77. The van der Waals surface area contributed by atoms with Gasteiger partial charge in [0, 0.05) is 13.1 Å². The van der Waals surface area contributed by atoms with Crippen molar-refractivity contribution in [3.63, 3.8) is 0 Å². The fraction of sp³-hybridized carbons (Fsp3) is 0.545. The SMILES string of the molecule is CC1(O)CCCN(S(=O)(=O)c2ccsc2C(=O)O)C1. The number of nitrogens with zero attached hydrogens (tertiary/aromatic N) is 1. The summed E-state index contributed by atoms with van der Waals surface area (Å²) < 4.78 is 26.0. The van der Waals surface area contributed by atoms with Crippen LogP contribution in [0.5, 0.6) is 0 Å². The normalized spacial score (nSPS) is 25.4. The first kappa shape index (κ1) is 14.4. The number of carboxylic acid groups (broad SMARTS) is 1. The Morgan fingerprint density at radius 3 is 2.79 bits per heavy atom. The quantitative estimate of drug-likeness (QED) is 0.868. The zero-order chi connectivity index (χ0) is 14.3. The Morgan fingerprint density at radius 2 is 2.21 bits per heavy atom. The third-order valence-electron chi connectivity index (χ3n) is 3.08. The van der Waals surface area contributed by atoms with E-state index in [1.54, 1.807) is 6.92 Å². The summed E-state index contributed by atoms with van der Waals surface area (Å²) in [6, 6.07) is 1.30. The molecule has 1 aromatic heterocycles. The third kappa shape index (κ3) is 2.81. The van der Waals surface area contributed by atoms with E-state index in [-0.39, 0.29) is 16.3 Å². The zero-order valence-corrected chi connectivity index (χ0v) is 12.0. The minimum absolute atomic E-state index is 0.00968. The van der Waals surface area contributed by atoms with E-state index in [1.165, 1.54) is 11.4 Å². The van der Waals surface area contributed by atoms with Gasteiger partial charge in [0.05, 0.1) is 5.60 Å². The number of aromatic carboxylic acids is 1. The lowest BCUT2D eigenvalue weighted by Gasteiger charge is -2.35. The summed E-state index contributed by atoms with van der Waals surface area (Å²) in [4.78, 5) is 10.6. The Hall–Kier alpha value is -0.960. The second kappa shape index (κ2) is 4.86. The van der Waals surface area contributed by atoms with Gasteiger partial charge in [0.1, 0.15) is 9.77 Å². The van der Waals surface area contributed by atoms with Crippen molar-refractivity contribution >= 4 is 27.3 Å². The van der Waals surface area contributed by atoms with Crippen LogP contribution in [0.2, 0.25) is 0 Å². The lowest BCUT2D eigenvalue weighted by molar-refractivity contribution is 0.00940. The number of carbonyl (C=O) groups is 1. The molecule has 1 aliphatic heterocycles. The molecule has 2 rings (SSSR count). The van der Waals surface area contributed by atoms with Crippen LogP contribution in [0.4, 0.5) is 0 Å². The Morgan fingerprint density at radius 1 is 1.53 bits per heavy atom. The molecule has 0 spiro atoms. The molecule has 1 saturated heterocycles. The van der Waals surface area contributed by atoms with E-state index >= 15 is 0 Å². The maximum Gasteiger partial charge on any atom is 0.347 e. The van der Waals surface area contributed by atoms with E-state index in [9.17, 15) is 18.3 Å². The molecule has 0 saturated carbocycles. The molecule has 1 fully saturated rings. The van der Waals surface area contributed by atoms with Crippen LogP contribution in [0.1, 0.15) is 29.4 Å². The molecule has 0 aliphatic carbocycles. The Kier molecular flexibility index (Phi) is 3.69. The van der Waals surface area contributed by atoms with Gasteiger partial charge in [-0.2, -0.15) is 4.31 Å². The Bertz CT molecular complexity index is 590. The molecule has 1 aliphatic rings. The lowest BCUT2D eigenvalue weighted by Crippen LogP contribution is -2.48. The van der Waals surface area contributed by atoms with Gasteiger partial charge < -0.3 is 10.2 Å². The van der Waals surface area contributed by atoms with Gasteiger partial charge in [0.15, 0.2) is 0 Å². The van der Waals surface area contributed by atoms with Gasteiger partial charge >= 0.3 is 5.97 Å². The van der Waals surface area contributed by atoms with Crippen LogP contribution < -0.4 is 0 Å². The number of sulfonamides is 1. The monoisotopic (exact) mass is 305 g/mol. The highest BCUT2D eigenvalue weighted by atomic mass is 32.2. The molecular weight excluding hydrogens is 290 g/mol. The van der Waals surface area contributed by atoms with Gasteiger partial charge in [-0.3, -0.25) is 0 Å². The van der Waals surface area contributed by atoms with E-state index in [2.05, 4.69) is 0 Å². The highest BCUT2D eigenvalue weighted by molar-refractivity contribution is 7.89. The van der Waals surface area contributed by atoms with Crippen LogP contribution in [0.3, 0.4) is 0 Å². The van der Waals surface area contributed by atoms with Crippen molar-refractivity contribution in [3.8, 4) is 0 Å². The topological polar surface area (TPSA) is 94.9 Å². The number of piperidine rings is 1. The first-order valence-corrected chi connectivity index (χ1v) is 8.09. The fourth-order valence-electron chi connectivity index (χ4n) is 2.18. The molecule has 19 heavy (non-hydrogen) atoms. The third-order valence-corrected chi connectivity index (χ3v) is 6.00. The number of carboxylic acids is 1. The smallest absolute Gasteiger partial charge is 0.347 e. The van der Waals surface area contributed by atoms with Crippen molar-refractivity contribution in [2.45, 2.75) is 30.3 Å². The molecular formula is C11H15NO5S2. The Balaban J connectivity index is 2.37. The molecule has 6 nitrogen and oxygen atoms in total. The minimum Gasteiger partial charge on any atom is -0.477 e. The highest BCUT2D eigenvalue weighted by Crippen LogP contribution is 2.29. The van der Waals surface area contributed by atoms with Crippen LogP contribution in [0.25, 0.3) is 0 Å². The molecule has 2 heterocycles. The predicted molar refractivity (Wildman–Crippen MR) is 69.9 cm³/mol. The summed E-state index contributed by atoms with van der Waals surface area (Å²) in [7, 11) is -3.86. The van der Waals surface area contributed by atoms with Crippen molar-refractivity contribution in [2.75, 3.05) is 13.1 Å². The Labute approximate surface area is 115 Å². The van der Waals surface area contributed by atoms with E-state index in [4.69, 9.17) is 5.11 Å². The molecule has 106 valence electrons. The van der Waals surface area contributed by atoms with Crippen LogP contribution >= 0.6 is 11.3 Å². The number of thiophene rings is 1. The second-order valence-corrected chi connectivity index (χ2v) is 7.68. The highest BCUT2D eigenvalue weighted by Gasteiger charge is 2.37. The largest absolute Gasteiger partial charge is 0.477 e. The second-order valence-electron chi connectivity index (χ2n) is 4.86. The minimum atomic E-state index is -3.86. The summed E-state index contributed by atoms with van der Waals surface area (Å²) in [5.41, 5.74) is -1.06. The van der Waals surface area contributed by atoms with Gasteiger partial charge in [-0.1, -0.05) is 0 Å². The molecule has 0 amide bonds. The number of β-amino-alcohol motifs (C(OH)–C–C–N with tert-alkyl or cyclic N) is 1. The standard InChI is InChI=1S/C11H15NO5S2/c1-11(15)4-2-5-12(7-11)19(16,17)8-3-6-18-9(8)10(13)14/h3,6,15H,2,4-5,7H2,1H3,(H,13,14). The van der Waals surface area contributed by atoms with Crippen LogP contribution in [-0.2, 0) is 10.0 Å². The van der Waals surface area contributed by atoms with E-state index in [0.29, 0.717) is 19.4 Å². The molecule has 8 heteroatoms. The maximum absolute atomic E-state index is 12.4. The number of hydrogen-bond donors (Lipinski definition) is 2. The zero-order valence-electron chi connectivity index (χ0n) is 10.4. The molecule has 0 bridgehead atoms. The van der Waals surface area contributed by atoms with Gasteiger partial charge in [-0.25, -0.2) is 13.2 Å². The summed E-state index contributed by atoms with van der Waals surface area (Å²) in [6.45, 7) is 1.87. The maximum atomic E-state index is 12.4. The van der Waals surface area contributed by atoms with Crippen LogP contribution in [0, 0.1) is 0 Å². The van der Waals surface area contributed by atoms with E-state index in [1.807, 2.05) is 0 Å². The number of hydrogen-bond acceptors (Lipinski definition) is 5. The fourth-order valence-corrected chi connectivity index (χ4v) is 5.00. The first-order chi connectivity index (χ1) is 8.74. The van der Waals surface area contributed by atoms with Gasteiger partial charge in [-0.05, 0) is 31.2 Å². The molecule has 1 aromatic rings. The lowest BCUT2D eigenvalue weighted by atomic mass is 9.97. The van der Waals surface area contributed by atoms with Gasteiger partial charge in [0.2, 0.25) is 10.0 Å². The van der Waals surface area contributed by atoms with E-state index in [0.717, 1.165) is 15.6 Å². The summed E-state index contributed by atoms with van der Waals surface area (Å²) in [5, 5.41) is 20.4. The van der Waals surface area contributed by atoms with Crippen molar-refractivity contribution in [3.05, 3.63) is 16.3 Å². The summed E-state index contributed by atoms with van der Waals surface area (Å²) in [5.74, 6) is -1.25. The number of aliphatic hydroxyl groups is 1. The molecule has 0 aromatic carbocycles. The molecule has 1 unspecified atom stereocenters. The average molecular weight is 305 g/mol. The van der Waals surface area contributed by atoms with Crippen molar-refractivity contribution < 1.29 is 23.4 Å². The summed E-state index contributed by atoms with van der Waals surface area (Å²) >= 11 is 0.881. The van der Waals surface area contributed by atoms with Crippen LogP contribution in [-0.4, -0.2) is 47.6 Å². The molecule has 1 atom stereocenters. The average Bonchev–Trinajstić information content (AvgIpc) is 2.77. The van der Waals surface area contributed by atoms with Crippen molar-refractivity contribution in [1.82, 2.24) is 4.31 Å². The van der Waals surface area contributed by atoms with Crippen molar-refractivity contribution in [2.24, 2.45) is 0 Å². The molecule has 0 radical (unpaired) electrons. The molecule has 2 N–H and O–H groups in total. The van der Waals surface area contributed by atoms with Crippen molar-refractivity contribution in [1.29, 1.82) is 0 Å². The predicted octanol–water partition coefficient (Wildman–Crippen LogP) is 0.982.